The van der Waals surface area contributed by atoms with Crippen LogP contribution in [0.3, 0.4) is 0 Å². The number of phenols is 2. The van der Waals surface area contributed by atoms with E-state index >= 15 is 0 Å². The Morgan fingerprint density at radius 3 is 2.58 bits per heavy atom. The lowest BCUT2D eigenvalue weighted by Crippen LogP contribution is -3.13. The van der Waals surface area contributed by atoms with Gasteiger partial charge in [-0.25, -0.2) is 0 Å². The molecule has 1 fully saturated rings. The number of rotatable bonds is 4. The second kappa shape index (κ2) is 7.55. The quantitative estimate of drug-likeness (QED) is 0.735. The summed E-state index contributed by atoms with van der Waals surface area (Å²) in [4.78, 5) is 1.49. The van der Waals surface area contributed by atoms with Crippen LogP contribution in [0.15, 0.2) is 47.6 Å². The molecule has 0 aliphatic carbocycles. The van der Waals surface area contributed by atoms with Gasteiger partial charge in [-0.3, -0.25) is 5.01 Å². The molecule has 0 radical (unpaired) electrons. The number of benzene rings is 2. The monoisotopic (exact) mass is 346 g/mol. The summed E-state index contributed by atoms with van der Waals surface area (Å²) >= 11 is 6.23. The normalized spacial score (nSPS) is 16.0. The molecule has 2 aromatic rings. The molecule has 0 saturated carbocycles. The Kier molecular flexibility index (Phi) is 5.23. The van der Waals surface area contributed by atoms with Crippen molar-refractivity contribution in [3.8, 4) is 11.5 Å². The van der Waals surface area contributed by atoms with Crippen LogP contribution >= 0.6 is 11.6 Å². The number of nitrogens with one attached hydrogen (secondary N) is 1. The average Bonchev–Trinajstić information content (AvgIpc) is 2.57. The minimum Gasteiger partial charge on any atom is -0.508 e. The van der Waals surface area contributed by atoms with Crippen LogP contribution in [-0.4, -0.2) is 47.6 Å². The molecular weight excluding hydrogens is 326 g/mol. The molecule has 0 atom stereocenters. The van der Waals surface area contributed by atoms with E-state index < -0.39 is 0 Å². The molecule has 0 unspecified atom stereocenters. The summed E-state index contributed by atoms with van der Waals surface area (Å²) in [5.41, 5.74) is 1.78. The third-order valence-corrected chi connectivity index (χ3v) is 4.59. The van der Waals surface area contributed by atoms with Crippen LogP contribution in [0.4, 0.5) is 0 Å². The third kappa shape index (κ3) is 4.19. The zero-order chi connectivity index (χ0) is 16.9. The lowest BCUT2D eigenvalue weighted by Gasteiger charge is -2.30. The van der Waals surface area contributed by atoms with Gasteiger partial charge >= 0.3 is 0 Å². The molecule has 1 aliphatic heterocycles. The molecule has 1 aliphatic rings. The number of phenolic OH excluding ortho intramolecular Hbond substituents is 2. The predicted molar refractivity (Wildman–Crippen MR) is 94.8 cm³/mol. The first-order chi connectivity index (χ1) is 11.6. The minimum absolute atomic E-state index is 0.0294. The first-order valence-electron chi connectivity index (χ1n) is 8.00. The van der Waals surface area contributed by atoms with Crippen molar-refractivity contribution in [2.75, 3.05) is 26.2 Å². The Hall–Kier alpha value is -2.24. The summed E-state index contributed by atoms with van der Waals surface area (Å²) in [5, 5.41) is 26.3. The van der Waals surface area contributed by atoms with Crippen LogP contribution in [-0.2, 0) is 6.54 Å². The molecule has 1 saturated heterocycles. The first kappa shape index (κ1) is 16.6. The van der Waals surface area contributed by atoms with E-state index in [1.54, 1.807) is 12.3 Å². The van der Waals surface area contributed by atoms with Crippen molar-refractivity contribution in [2.24, 2.45) is 5.10 Å². The molecule has 0 aromatic heterocycles. The fraction of sp³-hybridized carbons (Fsp3) is 0.278. The number of piperazine rings is 1. The second-order valence-electron chi connectivity index (χ2n) is 5.96. The van der Waals surface area contributed by atoms with Crippen LogP contribution in [0.1, 0.15) is 11.1 Å². The Morgan fingerprint density at radius 1 is 1.12 bits per heavy atom. The highest BCUT2D eigenvalue weighted by Crippen LogP contribution is 2.21. The van der Waals surface area contributed by atoms with Gasteiger partial charge in [-0.2, -0.15) is 5.10 Å². The fourth-order valence-corrected chi connectivity index (χ4v) is 3.00. The van der Waals surface area contributed by atoms with Gasteiger partial charge in [0, 0.05) is 22.2 Å². The van der Waals surface area contributed by atoms with Crippen LogP contribution in [0.25, 0.3) is 0 Å². The van der Waals surface area contributed by atoms with Crippen molar-refractivity contribution in [3.63, 3.8) is 0 Å². The van der Waals surface area contributed by atoms with Crippen LogP contribution < -0.4 is 4.90 Å². The van der Waals surface area contributed by atoms with Gasteiger partial charge in [-0.1, -0.05) is 29.8 Å². The molecule has 3 N–H and O–H groups in total. The number of quaternary nitrogens is 1. The molecule has 0 bridgehead atoms. The van der Waals surface area contributed by atoms with E-state index in [2.05, 4.69) is 11.2 Å². The van der Waals surface area contributed by atoms with Gasteiger partial charge in [0.25, 0.3) is 0 Å². The van der Waals surface area contributed by atoms with E-state index in [9.17, 15) is 10.2 Å². The SMILES string of the molecule is Oc1ccc(/C=N/N2CC[NH+](Cc3ccccc3Cl)CC2)c(O)c1. The smallest absolute Gasteiger partial charge is 0.128 e. The predicted octanol–water partition coefficient (Wildman–Crippen LogP) is 1.49. The summed E-state index contributed by atoms with van der Waals surface area (Å²) in [6, 6.07) is 12.5. The van der Waals surface area contributed by atoms with Crippen LogP contribution in [0.2, 0.25) is 5.02 Å². The zero-order valence-electron chi connectivity index (χ0n) is 13.3. The Labute approximate surface area is 146 Å². The van der Waals surface area contributed by atoms with E-state index in [1.165, 1.54) is 22.6 Å². The summed E-state index contributed by atoms with van der Waals surface area (Å²) in [5.74, 6) is 0.0724. The molecule has 3 rings (SSSR count). The average molecular weight is 347 g/mol. The Balaban J connectivity index is 1.53. The van der Waals surface area contributed by atoms with Crippen LogP contribution in [0, 0.1) is 0 Å². The molecule has 5 nitrogen and oxygen atoms in total. The summed E-state index contributed by atoms with van der Waals surface area (Å²) in [6.45, 7) is 4.62. The molecular formula is C18H21ClN3O2+. The van der Waals surface area contributed by atoms with Gasteiger partial charge in [-0.15, -0.1) is 0 Å². The third-order valence-electron chi connectivity index (χ3n) is 4.22. The number of nitrogens with zero attached hydrogens (tertiary/aromatic N) is 2. The van der Waals surface area contributed by atoms with Gasteiger partial charge < -0.3 is 15.1 Å². The Morgan fingerprint density at radius 2 is 1.88 bits per heavy atom. The van der Waals surface area contributed by atoms with E-state index in [-0.39, 0.29) is 11.5 Å². The summed E-state index contributed by atoms with van der Waals surface area (Å²) < 4.78 is 0. The van der Waals surface area contributed by atoms with E-state index in [0.717, 1.165) is 37.7 Å². The van der Waals surface area contributed by atoms with Crippen molar-refractivity contribution in [3.05, 3.63) is 58.6 Å². The fourth-order valence-electron chi connectivity index (χ4n) is 2.80. The number of hydrogen-bond donors (Lipinski definition) is 3. The summed E-state index contributed by atoms with van der Waals surface area (Å²) in [7, 11) is 0. The van der Waals surface area contributed by atoms with Crippen molar-refractivity contribution < 1.29 is 15.1 Å². The van der Waals surface area contributed by atoms with Crippen molar-refractivity contribution in [1.82, 2.24) is 5.01 Å². The van der Waals surface area contributed by atoms with Gasteiger partial charge in [-0.05, 0) is 18.2 Å². The van der Waals surface area contributed by atoms with Crippen molar-refractivity contribution in [2.45, 2.75) is 6.54 Å². The lowest BCUT2D eigenvalue weighted by molar-refractivity contribution is -0.918. The minimum atomic E-state index is 0.0294. The van der Waals surface area contributed by atoms with Crippen molar-refractivity contribution in [1.29, 1.82) is 0 Å². The standard InChI is InChI=1S/C18H20ClN3O2/c19-17-4-2-1-3-15(17)13-21-7-9-22(10-8-21)20-12-14-5-6-16(23)11-18(14)24/h1-6,11-12,23-24H,7-10,13H2/p+1/b20-12+. The van der Waals surface area contributed by atoms with Gasteiger partial charge in [0.2, 0.25) is 0 Å². The zero-order valence-corrected chi connectivity index (χ0v) is 14.1. The highest BCUT2D eigenvalue weighted by atomic mass is 35.5. The molecule has 126 valence electrons. The number of halogens is 1. The van der Waals surface area contributed by atoms with Gasteiger partial charge in [0.15, 0.2) is 0 Å². The van der Waals surface area contributed by atoms with Gasteiger partial charge in [0.1, 0.15) is 18.0 Å². The maximum atomic E-state index is 9.77. The maximum Gasteiger partial charge on any atom is 0.128 e. The van der Waals surface area contributed by atoms with Crippen molar-refractivity contribution >= 4 is 17.8 Å². The second-order valence-corrected chi connectivity index (χ2v) is 6.37. The van der Waals surface area contributed by atoms with Crippen LogP contribution in [0.5, 0.6) is 11.5 Å². The maximum absolute atomic E-state index is 9.77. The molecule has 0 spiro atoms. The molecule has 6 heteroatoms. The highest BCUT2D eigenvalue weighted by Gasteiger charge is 2.19. The lowest BCUT2D eigenvalue weighted by atomic mass is 10.2. The molecule has 24 heavy (non-hydrogen) atoms. The highest BCUT2D eigenvalue weighted by molar-refractivity contribution is 6.31. The Bertz CT molecular complexity index is 728. The number of hydrogen-bond acceptors (Lipinski definition) is 4. The largest absolute Gasteiger partial charge is 0.508 e. The van der Waals surface area contributed by atoms with Gasteiger partial charge in [0.05, 0.1) is 32.4 Å². The molecule has 0 amide bonds. The number of aromatic hydroxyl groups is 2. The van der Waals surface area contributed by atoms with E-state index in [0.29, 0.717) is 5.56 Å². The number of hydrazone groups is 1. The first-order valence-corrected chi connectivity index (χ1v) is 8.37. The van der Waals surface area contributed by atoms with E-state index in [4.69, 9.17) is 11.6 Å². The topological polar surface area (TPSA) is 60.5 Å². The molecule has 1 heterocycles. The molecule has 2 aromatic carbocycles. The van der Waals surface area contributed by atoms with E-state index in [1.807, 2.05) is 23.2 Å². The summed E-state index contributed by atoms with van der Waals surface area (Å²) in [6.07, 6.45) is 1.63.